The molecular weight excluding hydrogens is 186 g/mol. The van der Waals surface area contributed by atoms with Crippen molar-refractivity contribution in [2.45, 2.75) is 0 Å². The van der Waals surface area contributed by atoms with Gasteiger partial charge in [-0.15, -0.1) is 0 Å². The molecular formula is C13H8NO. The van der Waals surface area contributed by atoms with Crippen molar-refractivity contribution in [2.75, 3.05) is 0 Å². The number of aromatic nitrogens is 1. The predicted octanol–water partition coefficient (Wildman–Crippen LogP) is 3.29. The van der Waals surface area contributed by atoms with Crippen LogP contribution >= 0.6 is 0 Å². The number of hydrogen-bond acceptors (Lipinski definition) is 2. The van der Waals surface area contributed by atoms with Gasteiger partial charge in [-0.1, -0.05) is 41.6 Å². The number of nitrogens with zero attached hydrogens (tertiary/aromatic N) is 1. The van der Waals surface area contributed by atoms with Crippen LogP contribution in [0, 0.1) is 6.26 Å². The van der Waals surface area contributed by atoms with Gasteiger partial charge in [0, 0.05) is 11.6 Å². The molecule has 0 unspecified atom stereocenters. The Kier molecular flexibility index (Phi) is 1.78. The summed E-state index contributed by atoms with van der Waals surface area (Å²) >= 11 is 0. The van der Waals surface area contributed by atoms with Gasteiger partial charge in [-0.25, -0.2) is 0 Å². The average molecular weight is 194 g/mol. The van der Waals surface area contributed by atoms with E-state index in [1.165, 1.54) is 10.8 Å². The van der Waals surface area contributed by atoms with Gasteiger partial charge < -0.3 is 4.52 Å². The van der Waals surface area contributed by atoms with Gasteiger partial charge in [0.15, 0.2) is 0 Å². The van der Waals surface area contributed by atoms with Crippen LogP contribution in [0.25, 0.3) is 22.0 Å². The maximum Gasteiger partial charge on any atom is 0.205 e. The van der Waals surface area contributed by atoms with Crippen LogP contribution in [-0.4, -0.2) is 5.16 Å². The highest BCUT2D eigenvalue weighted by molar-refractivity contribution is 5.86. The lowest BCUT2D eigenvalue weighted by molar-refractivity contribution is 0.415. The van der Waals surface area contributed by atoms with Gasteiger partial charge >= 0.3 is 0 Å². The molecule has 0 saturated heterocycles. The minimum absolute atomic E-state index is 0.820. The normalized spacial score (nSPS) is 10.7. The van der Waals surface area contributed by atoms with Gasteiger partial charge in [-0.2, -0.15) is 0 Å². The topological polar surface area (TPSA) is 26.0 Å². The first-order chi connectivity index (χ1) is 7.43. The zero-order valence-corrected chi connectivity index (χ0v) is 7.97. The number of fused-ring (bicyclic) bond motifs is 1. The van der Waals surface area contributed by atoms with Crippen molar-refractivity contribution in [2.24, 2.45) is 0 Å². The van der Waals surface area contributed by atoms with Gasteiger partial charge in [-0.3, -0.25) is 0 Å². The van der Waals surface area contributed by atoms with Gasteiger partial charge in [-0.05, 0) is 16.8 Å². The molecule has 0 spiro atoms. The second-order valence-electron chi connectivity index (χ2n) is 3.39. The first kappa shape index (κ1) is 8.24. The lowest BCUT2D eigenvalue weighted by Gasteiger charge is -1.99. The molecule has 0 atom stereocenters. The lowest BCUT2D eigenvalue weighted by atomic mass is 10.1. The predicted molar refractivity (Wildman–Crippen MR) is 58.3 cm³/mol. The third-order valence-electron chi connectivity index (χ3n) is 2.44. The molecule has 15 heavy (non-hydrogen) atoms. The van der Waals surface area contributed by atoms with Gasteiger partial charge in [0.2, 0.25) is 6.26 Å². The molecule has 1 radical (unpaired) electrons. The van der Waals surface area contributed by atoms with Crippen LogP contribution in [0.5, 0.6) is 0 Å². The van der Waals surface area contributed by atoms with Crippen molar-refractivity contribution in [3.8, 4) is 11.3 Å². The maximum atomic E-state index is 4.71. The summed E-state index contributed by atoms with van der Waals surface area (Å²) in [5.41, 5.74) is 1.87. The summed E-state index contributed by atoms with van der Waals surface area (Å²) in [6, 6.07) is 16.2. The Morgan fingerprint density at radius 3 is 2.67 bits per heavy atom. The van der Waals surface area contributed by atoms with Crippen LogP contribution in [0.1, 0.15) is 0 Å². The highest BCUT2D eigenvalue weighted by Crippen LogP contribution is 2.22. The number of hydrogen-bond donors (Lipinski definition) is 0. The quantitative estimate of drug-likeness (QED) is 0.594. The van der Waals surface area contributed by atoms with E-state index in [4.69, 9.17) is 4.52 Å². The van der Waals surface area contributed by atoms with E-state index in [1.54, 1.807) is 6.07 Å². The molecule has 0 aliphatic carbocycles. The number of rotatable bonds is 1. The molecule has 2 aromatic carbocycles. The third kappa shape index (κ3) is 1.40. The number of benzene rings is 2. The van der Waals surface area contributed by atoms with Crippen LogP contribution in [-0.2, 0) is 0 Å². The van der Waals surface area contributed by atoms with Crippen LogP contribution in [0.3, 0.4) is 0 Å². The van der Waals surface area contributed by atoms with E-state index in [1.807, 2.05) is 18.2 Å². The monoisotopic (exact) mass is 194 g/mol. The minimum Gasteiger partial charge on any atom is -0.352 e. The molecule has 0 aliphatic heterocycles. The molecule has 1 aromatic heterocycles. The Balaban J connectivity index is 2.22. The van der Waals surface area contributed by atoms with Crippen molar-refractivity contribution in [3.63, 3.8) is 0 Å². The molecule has 0 amide bonds. The molecule has 3 aromatic rings. The van der Waals surface area contributed by atoms with E-state index in [0.29, 0.717) is 0 Å². The summed E-state index contributed by atoms with van der Waals surface area (Å²) in [7, 11) is 0. The van der Waals surface area contributed by atoms with E-state index in [-0.39, 0.29) is 0 Å². The van der Waals surface area contributed by atoms with E-state index in [9.17, 15) is 0 Å². The molecule has 2 nitrogen and oxygen atoms in total. The molecule has 2 heteroatoms. The average Bonchev–Trinajstić information content (AvgIpc) is 2.82. The Labute approximate surface area is 87.1 Å². The standard InChI is InChI=1S/C13H8NO/c1-2-4-11-9-12(6-5-10(11)3-1)13-7-8-15-14-13/h1-7,9H. The SMILES string of the molecule is [c]1cc(-c2ccc3ccccc3c2)no1. The first-order valence-electron chi connectivity index (χ1n) is 4.75. The van der Waals surface area contributed by atoms with Crippen molar-refractivity contribution in [3.05, 3.63) is 54.8 Å². The van der Waals surface area contributed by atoms with E-state index in [0.717, 1.165) is 11.3 Å². The van der Waals surface area contributed by atoms with E-state index >= 15 is 0 Å². The fourth-order valence-electron chi connectivity index (χ4n) is 1.67. The molecule has 0 fully saturated rings. The zero-order valence-electron chi connectivity index (χ0n) is 7.97. The molecule has 0 N–H and O–H groups in total. The fraction of sp³-hybridized carbons (Fsp3) is 0. The molecule has 0 aliphatic rings. The molecule has 71 valence electrons. The van der Waals surface area contributed by atoms with Crippen molar-refractivity contribution < 1.29 is 4.52 Å². The minimum atomic E-state index is 0.820. The van der Waals surface area contributed by atoms with E-state index in [2.05, 4.69) is 35.7 Å². The van der Waals surface area contributed by atoms with Crippen molar-refractivity contribution >= 4 is 10.8 Å². The van der Waals surface area contributed by atoms with Crippen LogP contribution < -0.4 is 0 Å². The van der Waals surface area contributed by atoms with Gasteiger partial charge in [0.1, 0.15) is 5.69 Å². The summed E-state index contributed by atoms with van der Waals surface area (Å²) in [5, 5.41) is 6.30. The third-order valence-corrected chi connectivity index (χ3v) is 2.44. The Morgan fingerprint density at radius 1 is 1.00 bits per heavy atom. The Hall–Kier alpha value is -2.09. The lowest BCUT2D eigenvalue weighted by Crippen LogP contribution is -1.77. The second-order valence-corrected chi connectivity index (χ2v) is 3.39. The zero-order chi connectivity index (χ0) is 10.1. The van der Waals surface area contributed by atoms with Crippen molar-refractivity contribution in [1.82, 2.24) is 5.16 Å². The van der Waals surface area contributed by atoms with Crippen molar-refractivity contribution in [1.29, 1.82) is 0 Å². The highest BCUT2D eigenvalue weighted by Gasteiger charge is 2.01. The van der Waals surface area contributed by atoms with Crippen LogP contribution in [0.4, 0.5) is 0 Å². The van der Waals surface area contributed by atoms with E-state index < -0.39 is 0 Å². The fourth-order valence-corrected chi connectivity index (χ4v) is 1.67. The summed E-state index contributed by atoms with van der Waals surface area (Å²) in [6.45, 7) is 0. The summed E-state index contributed by atoms with van der Waals surface area (Å²) in [5.74, 6) is 0. The smallest absolute Gasteiger partial charge is 0.205 e. The Bertz CT molecular complexity index is 584. The highest BCUT2D eigenvalue weighted by atomic mass is 16.5. The molecule has 0 saturated carbocycles. The largest absolute Gasteiger partial charge is 0.352 e. The summed E-state index contributed by atoms with van der Waals surface area (Å²) in [4.78, 5) is 0. The first-order valence-corrected chi connectivity index (χ1v) is 4.75. The van der Waals surface area contributed by atoms with Gasteiger partial charge in [0.25, 0.3) is 0 Å². The summed E-state index contributed by atoms with van der Waals surface area (Å²) < 4.78 is 4.71. The summed E-state index contributed by atoms with van der Waals surface area (Å²) in [6.07, 6.45) is 2.59. The van der Waals surface area contributed by atoms with Crippen LogP contribution in [0.15, 0.2) is 53.1 Å². The molecule has 0 bridgehead atoms. The maximum absolute atomic E-state index is 4.71. The molecule has 1 heterocycles. The second kappa shape index (κ2) is 3.24. The Morgan fingerprint density at radius 2 is 1.87 bits per heavy atom. The molecule has 3 rings (SSSR count). The van der Waals surface area contributed by atoms with Gasteiger partial charge in [0.05, 0.1) is 0 Å². The van der Waals surface area contributed by atoms with Crippen LogP contribution in [0.2, 0.25) is 0 Å².